The van der Waals surface area contributed by atoms with Gasteiger partial charge in [0.05, 0.1) is 17.6 Å². The Balaban J connectivity index is 1.94. The second-order valence-corrected chi connectivity index (χ2v) is 5.49. The van der Waals surface area contributed by atoms with E-state index in [1.54, 1.807) is 6.07 Å². The Hall–Kier alpha value is -1.82. The number of nitro benzene ring substituents is 1. The number of rotatable bonds is 4. The summed E-state index contributed by atoms with van der Waals surface area (Å²) in [5.74, 6) is 1.06. The van der Waals surface area contributed by atoms with Gasteiger partial charge in [-0.05, 0) is 13.8 Å². The SMILES string of the molecule is CC1(C)Cc2cc([N+](=O)[O-])cc(OCC3CO3)c2O1. The van der Waals surface area contributed by atoms with Crippen LogP contribution >= 0.6 is 0 Å². The molecule has 0 aromatic heterocycles. The summed E-state index contributed by atoms with van der Waals surface area (Å²) < 4.78 is 16.5. The molecule has 1 aromatic rings. The largest absolute Gasteiger partial charge is 0.487 e. The molecule has 0 spiro atoms. The zero-order valence-corrected chi connectivity index (χ0v) is 10.8. The molecular formula is C13H15NO5. The number of epoxide rings is 1. The van der Waals surface area contributed by atoms with E-state index in [0.717, 1.165) is 5.56 Å². The maximum Gasteiger partial charge on any atom is 0.273 e. The summed E-state index contributed by atoms with van der Waals surface area (Å²) in [6.07, 6.45) is 0.740. The highest BCUT2D eigenvalue weighted by atomic mass is 16.6. The number of benzene rings is 1. The van der Waals surface area contributed by atoms with Gasteiger partial charge in [-0.25, -0.2) is 0 Å². The lowest BCUT2D eigenvalue weighted by Crippen LogP contribution is -2.24. The average molecular weight is 265 g/mol. The monoisotopic (exact) mass is 265 g/mol. The quantitative estimate of drug-likeness (QED) is 0.473. The molecule has 0 aliphatic carbocycles. The number of hydrogen-bond donors (Lipinski definition) is 0. The molecule has 6 heteroatoms. The Bertz CT molecular complexity index is 536. The summed E-state index contributed by atoms with van der Waals surface area (Å²) in [5, 5.41) is 10.9. The highest BCUT2D eigenvalue weighted by molar-refractivity contribution is 5.56. The van der Waals surface area contributed by atoms with Gasteiger partial charge in [0, 0.05) is 18.1 Å². The Morgan fingerprint density at radius 2 is 2.26 bits per heavy atom. The topological polar surface area (TPSA) is 74.1 Å². The van der Waals surface area contributed by atoms with E-state index >= 15 is 0 Å². The summed E-state index contributed by atoms with van der Waals surface area (Å²) in [6, 6.07) is 2.98. The van der Waals surface area contributed by atoms with Crippen LogP contribution in [0.3, 0.4) is 0 Å². The van der Waals surface area contributed by atoms with Crippen LogP contribution in [0.4, 0.5) is 5.69 Å². The third-order valence-electron chi connectivity index (χ3n) is 3.15. The molecule has 1 unspecified atom stereocenters. The average Bonchev–Trinajstić information content (AvgIpc) is 3.07. The maximum atomic E-state index is 10.9. The first kappa shape index (κ1) is 12.2. The van der Waals surface area contributed by atoms with E-state index in [0.29, 0.717) is 31.1 Å². The molecule has 1 aromatic carbocycles. The van der Waals surface area contributed by atoms with Gasteiger partial charge in [0.25, 0.3) is 5.69 Å². The second kappa shape index (κ2) is 4.09. The molecule has 0 saturated carbocycles. The van der Waals surface area contributed by atoms with E-state index in [1.807, 2.05) is 13.8 Å². The minimum atomic E-state index is -0.411. The molecule has 6 nitrogen and oxygen atoms in total. The number of ether oxygens (including phenoxy) is 3. The van der Waals surface area contributed by atoms with Crippen molar-refractivity contribution in [1.82, 2.24) is 0 Å². The lowest BCUT2D eigenvalue weighted by atomic mass is 10.0. The lowest BCUT2D eigenvalue weighted by molar-refractivity contribution is -0.385. The molecule has 2 aliphatic heterocycles. The van der Waals surface area contributed by atoms with Gasteiger partial charge in [0.2, 0.25) is 0 Å². The fourth-order valence-electron chi connectivity index (χ4n) is 2.22. The molecule has 0 radical (unpaired) electrons. The van der Waals surface area contributed by atoms with E-state index in [-0.39, 0.29) is 17.4 Å². The first-order valence-corrected chi connectivity index (χ1v) is 6.19. The van der Waals surface area contributed by atoms with Gasteiger partial charge in [-0.15, -0.1) is 0 Å². The van der Waals surface area contributed by atoms with Crippen molar-refractivity contribution >= 4 is 5.69 Å². The van der Waals surface area contributed by atoms with Crippen LogP contribution in [-0.4, -0.2) is 29.8 Å². The summed E-state index contributed by atoms with van der Waals surface area (Å²) in [7, 11) is 0. The van der Waals surface area contributed by atoms with E-state index in [2.05, 4.69) is 0 Å². The predicted octanol–water partition coefficient (Wildman–Crippen LogP) is 2.09. The van der Waals surface area contributed by atoms with Gasteiger partial charge < -0.3 is 14.2 Å². The normalized spacial score (nSPS) is 22.5. The summed E-state index contributed by atoms with van der Waals surface area (Å²) in [6.45, 7) is 4.99. The van der Waals surface area contributed by atoms with Crippen LogP contribution in [0.1, 0.15) is 19.4 Å². The smallest absolute Gasteiger partial charge is 0.273 e. The van der Waals surface area contributed by atoms with Gasteiger partial charge in [0.15, 0.2) is 11.5 Å². The maximum absolute atomic E-state index is 10.9. The molecule has 2 aliphatic rings. The molecule has 3 rings (SSSR count). The molecule has 2 heterocycles. The van der Waals surface area contributed by atoms with Crippen LogP contribution in [0.15, 0.2) is 12.1 Å². The Morgan fingerprint density at radius 3 is 2.89 bits per heavy atom. The number of hydrogen-bond acceptors (Lipinski definition) is 5. The zero-order valence-electron chi connectivity index (χ0n) is 10.8. The van der Waals surface area contributed by atoms with Gasteiger partial charge in [-0.1, -0.05) is 0 Å². The molecule has 19 heavy (non-hydrogen) atoms. The van der Waals surface area contributed by atoms with Gasteiger partial charge in [-0.3, -0.25) is 10.1 Å². The fourth-order valence-corrected chi connectivity index (χ4v) is 2.22. The molecule has 0 amide bonds. The summed E-state index contributed by atoms with van der Waals surface area (Å²) in [4.78, 5) is 10.5. The Kier molecular flexibility index (Phi) is 2.63. The number of nitrogens with zero attached hydrogens (tertiary/aromatic N) is 1. The third kappa shape index (κ3) is 2.49. The Morgan fingerprint density at radius 1 is 1.53 bits per heavy atom. The van der Waals surface area contributed by atoms with Gasteiger partial charge >= 0.3 is 0 Å². The molecule has 1 saturated heterocycles. The minimum Gasteiger partial charge on any atom is -0.487 e. The van der Waals surface area contributed by atoms with Crippen molar-refractivity contribution in [3.8, 4) is 11.5 Å². The van der Waals surface area contributed by atoms with E-state index in [9.17, 15) is 10.1 Å². The first-order valence-electron chi connectivity index (χ1n) is 6.19. The summed E-state index contributed by atoms with van der Waals surface area (Å²) >= 11 is 0. The van der Waals surface area contributed by atoms with E-state index in [4.69, 9.17) is 14.2 Å². The van der Waals surface area contributed by atoms with Crippen LogP contribution < -0.4 is 9.47 Å². The molecule has 1 fully saturated rings. The Labute approximate surface area is 110 Å². The molecule has 0 N–H and O–H groups in total. The van der Waals surface area contributed by atoms with Crippen molar-refractivity contribution in [2.75, 3.05) is 13.2 Å². The third-order valence-corrected chi connectivity index (χ3v) is 3.15. The lowest BCUT2D eigenvalue weighted by Gasteiger charge is -2.18. The van der Waals surface area contributed by atoms with Crippen molar-refractivity contribution in [3.63, 3.8) is 0 Å². The van der Waals surface area contributed by atoms with Gasteiger partial charge in [0.1, 0.15) is 18.3 Å². The standard InChI is InChI=1S/C13H15NO5/c1-13(2)5-8-3-9(14(15)16)4-11(12(8)19-13)18-7-10-6-17-10/h3-4,10H,5-7H2,1-2H3. The van der Waals surface area contributed by atoms with Crippen molar-refractivity contribution in [1.29, 1.82) is 0 Å². The number of non-ortho nitro benzene ring substituents is 1. The highest BCUT2D eigenvalue weighted by Crippen LogP contribution is 2.44. The summed E-state index contributed by atoms with van der Waals surface area (Å²) in [5.41, 5.74) is 0.504. The van der Waals surface area contributed by atoms with Crippen LogP contribution in [0.25, 0.3) is 0 Å². The van der Waals surface area contributed by atoms with Gasteiger partial charge in [-0.2, -0.15) is 0 Å². The molecular weight excluding hydrogens is 250 g/mol. The zero-order chi connectivity index (χ0) is 13.6. The second-order valence-electron chi connectivity index (χ2n) is 5.49. The number of fused-ring (bicyclic) bond motifs is 1. The molecule has 1 atom stereocenters. The fraction of sp³-hybridized carbons (Fsp3) is 0.538. The predicted molar refractivity (Wildman–Crippen MR) is 66.7 cm³/mol. The van der Waals surface area contributed by atoms with Crippen molar-refractivity contribution in [3.05, 3.63) is 27.8 Å². The van der Waals surface area contributed by atoms with Crippen molar-refractivity contribution in [2.24, 2.45) is 0 Å². The molecule has 102 valence electrons. The van der Waals surface area contributed by atoms with E-state index in [1.165, 1.54) is 6.07 Å². The van der Waals surface area contributed by atoms with Crippen LogP contribution in [0.5, 0.6) is 11.5 Å². The van der Waals surface area contributed by atoms with E-state index < -0.39 is 4.92 Å². The van der Waals surface area contributed by atoms with Crippen molar-refractivity contribution in [2.45, 2.75) is 32.0 Å². The first-order chi connectivity index (χ1) is 8.94. The molecule has 0 bridgehead atoms. The van der Waals surface area contributed by atoms with Crippen molar-refractivity contribution < 1.29 is 19.1 Å². The highest BCUT2D eigenvalue weighted by Gasteiger charge is 2.35. The minimum absolute atomic E-state index is 0.0340. The number of nitro groups is 1. The van der Waals surface area contributed by atoms with Crippen LogP contribution in [0.2, 0.25) is 0 Å². The van der Waals surface area contributed by atoms with Crippen LogP contribution in [-0.2, 0) is 11.2 Å². The van der Waals surface area contributed by atoms with Crippen LogP contribution in [0, 0.1) is 10.1 Å².